The van der Waals surface area contributed by atoms with Crippen molar-refractivity contribution in [3.8, 4) is 0 Å². The molecule has 0 aromatic heterocycles. The highest BCUT2D eigenvalue weighted by atomic mass is 16.5. The SMILES string of the molecule is COC(=O)/C(=C/c1ccccc1)NC(C)=O. The van der Waals surface area contributed by atoms with Crippen LogP contribution in [0.3, 0.4) is 0 Å². The van der Waals surface area contributed by atoms with Gasteiger partial charge in [0.2, 0.25) is 5.91 Å². The third kappa shape index (κ3) is 3.57. The lowest BCUT2D eigenvalue weighted by Gasteiger charge is -2.05. The average molecular weight is 219 g/mol. The largest absolute Gasteiger partial charge is 0.464 e. The molecule has 4 nitrogen and oxygen atoms in total. The number of rotatable bonds is 3. The monoisotopic (exact) mass is 219 g/mol. The molecule has 0 bridgehead atoms. The van der Waals surface area contributed by atoms with Crippen molar-refractivity contribution in [2.45, 2.75) is 6.92 Å². The van der Waals surface area contributed by atoms with Crippen molar-refractivity contribution < 1.29 is 14.3 Å². The van der Waals surface area contributed by atoms with Crippen molar-refractivity contribution in [1.82, 2.24) is 5.32 Å². The first-order valence-electron chi connectivity index (χ1n) is 4.76. The van der Waals surface area contributed by atoms with Crippen LogP contribution in [0.1, 0.15) is 12.5 Å². The lowest BCUT2D eigenvalue weighted by Crippen LogP contribution is -2.25. The maximum Gasteiger partial charge on any atom is 0.354 e. The van der Waals surface area contributed by atoms with Crippen LogP contribution in [-0.4, -0.2) is 19.0 Å². The van der Waals surface area contributed by atoms with Crippen LogP contribution in [0.2, 0.25) is 0 Å². The molecule has 1 rings (SSSR count). The van der Waals surface area contributed by atoms with E-state index in [1.807, 2.05) is 30.3 Å². The van der Waals surface area contributed by atoms with Crippen LogP contribution in [0.5, 0.6) is 0 Å². The number of benzene rings is 1. The fourth-order valence-corrected chi connectivity index (χ4v) is 1.16. The molecule has 0 saturated heterocycles. The van der Waals surface area contributed by atoms with Crippen molar-refractivity contribution in [2.75, 3.05) is 7.11 Å². The zero-order valence-corrected chi connectivity index (χ0v) is 9.19. The van der Waals surface area contributed by atoms with E-state index in [0.717, 1.165) is 5.56 Å². The maximum atomic E-state index is 11.3. The molecule has 0 spiro atoms. The fraction of sp³-hybridized carbons (Fsp3) is 0.167. The zero-order chi connectivity index (χ0) is 12.0. The van der Waals surface area contributed by atoms with Crippen molar-refractivity contribution in [1.29, 1.82) is 0 Å². The van der Waals surface area contributed by atoms with E-state index in [0.29, 0.717) is 0 Å². The molecule has 1 N–H and O–H groups in total. The first-order valence-corrected chi connectivity index (χ1v) is 4.76. The first-order chi connectivity index (χ1) is 7.63. The fourth-order valence-electron chi connectivity index (χ4n) is 1.16. The third-order valence-electron chi connectivity index (χ3n) is 1.83. The van der Waals surface area contributed by atoms with E-state index >= 15 is 0 Å². The molecular formula is C12H13NO3. The smallest absolute Gasteiger partial charge is 0.354 e. The average Bonchev–Trinajstić information content (AvgIpc) is 2.28. The molecule has 1 amide bonds. The number of hydrogen-bond acceptors (Lipinski definition) is 3. The van der Waals surface area contributed by atoms with Gasteiger partial charge in [-0.2, -0.15) is 0 Å². The van der Waals surface area contributed by atoms with Crippen molar-refractivity contribution in [3.05, 3.63) is 41.6 Å². The molecule has 0 aliphatic carbocycles. The van der Waals surface area contributed by atoms with E-state index in [2.05, 4.69) is 10.1 Å². The van der Waals surface area contributed by atoms with E-state index in [4.69, 9.17) is 0 Å². The zero-order valence-electron chi connectivity index (χ0n) is 9.19. The Morgan fingerprint density at radius 2 is 1.88 bits per heavy atom. The minimum Gasteiger partial charge on any atom is -0.464 e. The molecular weight excluding hydrogens is 206 g/mol. The normalized spacial score (nSPS) is 10.8. The second kappa shape index (κ2) is 5.70. The summed E-state index contributed by atoms with van der Waals surface area (Å²) in [4.78, 5) is 22.3. The van der Waals surface area contributed by atoms with E-state index in [1.165, 1.54) is 14.0 Å². The van der Waals surface area contributed by atoms with Gasteiger partial charge in [-0.05, 0) is 11.6 Å². The summed E-state index contributed by atoms with van der Waals surface area (Å²) in [5, 5.41) is 2.43. The number of amides is 1. The lowest BCUT2D eigenvalue weighted by atomic mass is 10.2. The van der Waals surface area contributed by atoms with Crippen molar-refractivity contribution in [3.63, 3.8) is 0 Å². The number of methoxy groups -OCH3 is 1. The van der Waals surface area contributed by atoms with Crippen molar-refractivity contribution in [2.24, 2.45) is 0 Å². The quantitative estimate of drug-likeness (QED) is 0.616. The Balaban J connectivity index is 2.96. The maximum absolute atomic E-state index is 11.3. The van der Waals surface area contributed by atoms with E-state index < -0.39 is 5.97 Å². The Bertz CT molecular complexity index is 410. The number of nitrogens with one attached hydrogen (secondary N) is 1. The minimum atomic E-state index is -0.570. The summed E-state index contributed by atoms with van der Waals surface area (Å²) >= 11 is 0. The van der Waals surface area contributed by atoms with Gasteiger partial charge in [-0.1, -0.05) is 30.3 Å². The van der Waals surface area contributed by atoms with Gasteiger partial charge < -0.3 is 10.1 Å². The number of carbonyl (C=O) groups excluding carboxylic acids is 2. The molecule has 0 aliphatic rings. The van der Waals surface area contributed by atoms with Gasteiger partial charge in [0.15, 0.2) is 0 Å². The van der Waals surface area contributed by atoms with Crippen LogP contribution in [0.25, 0.3) is 6.08 Å². The Hall–Kier alpha value is -2.10. The molecule has 0 atom stereocenters. The van der Waals surface area contributed by atoms with Gasteiger partial charge in [-0.3, -0.25) is 4.79 Å². The number of hydrogen-bond donors (Lipinski definition) is 1. The van der Waals surface area contributed by atoms with Crippen LogP contribution in [0.4, 0.5) is 0 Å². The highest BCUT2D eigenvalue weighted by Gasteiger charge is 2.10. The Kier molecular flexibility index (Phi) is 4.27. The Morgan fingerprint density at radius 1 is 1.25 bits per heavy atom. The van der Waals surface area contributed by atoms with E-state index in [1.54, 1.807) is 6.08 Å². The molecule has 0 saturated carbocycles. The highest BCUT2D eigenvalue weighted by Crippen LogP contribution is 2.05. The highest BCUT2D eigenvalue weighted by molar-refractivity contribution is 5.97. The summed E-state index contributed by atoms with van der Waals surface area (Å²) in [6, 6.07) is 9.20. The van der Waals surface area contributed by atoms with Crippen molar-refractivity contribution >= 4 is 18.0 Å². The summed E-state index contributed by atoms with van der Waals surface area (Å²) in [6.07, 6.45) is 1.56. The van der Waals surface area contributed by atoms with E-state index in [-0.39, 0.29) is 11.6 Å². The summed E-state index contributed by atoms with van der Waals surface area (Å²) in [5.41, 5.74) is 0.942. The molecule has 0 heterocycles. The van der Waals surface area contributed by atoms with Crippen LogP contribution in [-0.2, 0) is 14.3 Å². The molecule has 0 radical (unpaired) electrons. The molecule has 0 fully saturated rings. The van der Waals surface area contributed by atoms with E-state index in [9.17, 15) is 9.59 Å². The number of ether oxygens (including phenoxy) is 1. The standard InChI is InChI=1S/C12H13NO3/c1-9(14)13-11(12(15)16-2)8-10-6-4-3-5-7-10/h3-8H,1-2H3,(H,13,14)/b11-8-. The van der Waals surface area contributed by atoms with Crippen LogP contribution in [0, 0.1) is 0 Å². The summed E-state index contributed by atoms with van der Waals surface area (Å²) < 4.78 is 4.56. The van der Waals surface area contributed by atoms with Gasteiger partial charge in [0.25, 0.3) is 0 Å². The molecule has 1 aromatic rings. The van der Waals surface area contributed by atoms with Crippen LogP contribution >= 0.6 is 0 Å². The van der Waals surface area contributed by atoms with Gasteiger partial charge in [-0.25, -0.2) is 4.79 Å². The summed E-state index contributed by atoms with van der Waals surface area (Å²) in [5.74, 6) is -0.883. The summed E-state index contributed by atoms with van der Waals surface area (Å²) in [7, 11) is 1.27. The Morgan fingerprint density at radius 3 is 2.38 bits per heavy atom. The van der Waals surface area contributed by atoms with Gasteiger partial charge in [0.1, 0.15) is 5.70 Å². The first kappa shape index (κ1) is 12.0. The van der Waals surface area contributed by atoms with Gasteiger partial charge >= 0.3 is 5.97 Å². The second-order valence-corrected chi connectivity index (χ2v) is 3.14. The predicted octanol–water partition coefficient (Wildman–Crippen LogP) is 1.34. The van der Waals surface area contributed by atoms with Crippen LogP contribution < -0.4 is 5.32 Å². The van der Waals surface area contributed by atoms with Gasteiger partial charge in [-0.15, -0.1) is 0 Å². The number of esters is 1. The number of carbonyl (C=O) groups is 2. The lowest BCUT2D eigenvalue weighted by molar-refractivity contribution is -0.137. The summed E-state index contributed by atoms with van der Waals surface area (Å²) in [6.45, 7) is 1.34. The van der Waals surface area contributed by atoms with Gasteiger partial charge in [0.05, 0.1) is 7.11 Å². The topological polar surface area (TPSA) is 55.4 Å². The molecule has 1 aromatic carbocycles. The predicted molar refractivity (Wildman–Crippen MR) is 60.3 cm³/mol. The third-order valence-corrected chi connectivity index (χ3v) is 1.83. The van der Waals surface area contributed by atoms with Gasteiger partial charge in [0, 0.05) is 6.92 Å². The molecule has 0 aliphatic heterocycles. The molecule has 4 heteroatoms. The minimum absolute atomic E-state index is 0.126. The molecule has 0 unspecified atom stereocenters. The second-order valence-electron chi connectivity index (χ2n) is 3.14. The van der Waals surface area contributed by atoms with Crippen LogP contribution in [0.15, 0.2) is 36.0 Å². The molecule has 84 valence electrons. The molecule has 16 heavy (non-hydrogen) atoms. The Labute approximate surface area is 93.9 Å².